The highest BCUT2D eigenvalue weighted by Gasteiger charge is 2.44. The van der Waals surface area contributed by atoms with Crippen molar-refractivity contribution in [2.45, 2.75) is 24.6 Å². The van der Waals surface area contributed by atoms with Crippen LogP contribution in [0.4, 0.5) is 13.2 Å². The Morgan fingerprint density at radius 3 is 2.40 bits per heavy atom. The molecule has 25 heavy (non-hydrogen) atoms. The Kier molecular flexibility index (Phi) is 4.15. The third-order valence-electron chi connectivity index (χ3n) is 4.61. The van der Waals surface area contributed by atoms with E-state index in [9.17, 15) is 13.2 Å². The fourth-order valence-corrected chi connectivity index (χ4v) is 4.05. The van der Waals surface area contributed by atoms with Crippen LogP contribution in [0.15, 0.2) is 59.0 Å². The van der Waals surface area contributed by atoms with Crippen molar-refractivity contribution >= 4 is 17.3 Å². The van der Waals surface area contributed by atoms with Crippen molar-refractivity contribution in [2.24, 2.45) is 10.7 Å². The lowest BCUT2D eigenvalue weighted by molar-refractivity contribution is -0.137. The summed E-state index contributed by atoms with van der Waals surface area (Å²) in [5.74, 6) is 0.0230. The van der Waals surface area contributed by atoms with Gasteiger partial charge in [0.1, 0.15) is 5.54 Å². The topological polar surface area (TPSA) is 41.6 Å². The summed E-state index contributed by atoms with van der Waals surface area (Å²) in [5, 5.41) is 1.94. The third-order valence-corrected chi connectivity index (χ3v) is 5.70. The molecular formula is C18H18F3N3S. The van der Waals surface area contributed by atoms with Crippen molar-refractivity contribution in [1.29, 1.82) is 0 Å². The van der Waals surface area contributed by atoms with E-state index in [0.717, 1.165) is 22.6 Å². The molecule has 2 atom stereocenters. The molecule has 1 aliphatic rings. The highest BCUT2D eigenvalue weighted by Crippen LogP contribution is 2.49. The largest absolute Gasteiger partial charge is 0.416 e. The average Bonchev–Trinajstić information content (AvgIpc) is 3.08. The van der Waals surface area contributed by atoms with Gasteiger partial charge in [-0.25, -0.2) is 4.99 Å². The van der Waals surface area contributed by atoms with Crippen LogP contribution in [0.2, 0.25) is 0 Å². The van der Waals surface area contributed by atoms with Crippen molar-refractivity contribution in [3.8, 4) is 0 Å². The summed E-state index contributed by atoms with van der Waals surface area (Å²) in [6, 6.07) is 9.06. The van der Waals surface area contributed by atoms with Gasteiger partial charge in [0, 0.05) is 17.6 Å². The normalized spacial score (nSPS) is 24.4. The lowest BCUT2D eigenvalue weighted by Gasteiger charge is -2.43. The van der Waals surface area contributed by atoms with Crippen LogP contribution in [0.25, 0.3) is 0 Å². The predicted octanol–water partition coefficient (Wildman–Crippen LogP) is 4.54. The first-order valence-corrected chi connectivity index (χ1v) is 8.51. The summed E-state index contributed by atoms with van der Waals surface area (Å²) in [6.07, 6.45) is -4.36. The first-order valence-electron chi connectivity index (χ1n) is 7.63. The SMILES string of the molecule is C=C1[C@H](c2ccc(C(F)(F)F)cc2)[C@@](C)(c2cccs2)N=C(N)N1C. The number of aliphatic imine (C=N–C) groups is 1. The van der Waals surface area contributed by atoms with Gasteiger partial charge in [-0.1, -0.05) is 24.8 Å². The Bertz CT molecular complexity index is 809. The van der Waals surface area contributed by atoms with E-state index >= 15 is 0 Å². The van der Waals surface area contributed by atoms with Crippen LogP contribution in [0.1, 0.15) is 28.8 Å². The molecule has 0 aliphatic carbocycles. The van der Waals surface area contributed by atoms with Gasteiger partial charge in [-0.15, -0.1) is 11.3 Å². The van der Waals surface area contributed by atoms with Crippen LogP contribution >= 0.6 is 11.3 Å². The molecule has 0 fully saturated rings. The van der Waals surface area contributed by atoms with E-state index < -0.39 is 17.3 Å². The van der Waals surface area contributed by atoms with Crippen LogP contribution in [-0.2, 0) is 11.7 Å². The number of guanidine groups is 1. The van der Waals surface area contributed by atoms with E-state index in [2.05, 4.69) is 11.6 Å². The van der Waals surface area contributed by atoms with Gasteiger partial charge >= 0.3 is 6.18 Å². The summed E-state index contributed by atoms with van der Waals surface area (Å²) in [6.45, 7) is 6.06. The molecule has 0 amide bonds. The third kappa shape index (κ3) is 2.93. The van der Waals surface area contributed by atoms with Crippen molar-refractivity contribution in [3.63, 3.8) is 0 Å². The highest BCUT2D eigenvalue weighted by molar-refractivity contribution is 7.10. The smallest absolute Gasteiger partial charge is 0.370 e. The number of hydrogen-bond donors (Lipinski definition) is 1. The molecule has 0 bridgehead atoms. The summed E-state index contributed by atoms with van der Waals surface area (Å²) < 4.78 is 38.6. The molecule has 3 rings (SSSR count). The van der Waals surface area contributed by atoms with E-state index in [4.69, 9.17) is 5.73 Å². The Morgan fingerprint density at radius 2 is 1.88 bits per heavy atom. The standard InChI is InChI=1S/C18H18F3N3S/c1-11-15(12-6-8-13(9-7-12)18(19,20)21)17(2,14-5-4-10-25-14)23-16(22)24(11)3/h4-10,15H,1H2,2-3H3,(H2,22,23)/t15-,17-/m1/s1. The number of nitrogens with zero attached hydrogens (tertiary/aromatic N) is 2. The second-order valence-electron chi connectivity index (χ2n) is 6.20. The van der Waals surface area contributed by atoms with Crippen LogP contribution in [-0.4, -0.2) is 17.9 Å². The van der Waals surface area contributed by atoms with Crippen molar-refractivity contribution in [1.82, 2.24) is 4.90 Å². The molecule has 7 heteroatoms. The molecule has 0 radical (unpaired) electrons. The Balaban J connectivity index is 2.12. The van der Waals surface area contributed by atoms with Gasteiger partial charge < -0.3 is 10.6 Å². The lowest BCUT2D eigenvalue weighted by atomic mass is 9.76. The molecular weight excluding hydrogens is 347 g/mol. The minimum atomic E-state index is -4.36. The second kappa shape index (κ2) is 5.91. The van der Waals surface area contributed by atoms with Gasteiger partial charge in [0.15, 0.2) is 5.96 Å². The van der Waals surface area contributed by atoms with Crippen LogP contribution in [0.3, 0.4) is 0 Å². The van der Waals surface area contributed by atoms with Crippen molar-refractivity contribution in [3.05, 3.63) is 70.1 Å². The molecule has 0 saturated heterocycles. The van der Waals surface area contributed by atoms with Gasteiger partial charge in [0.25, 0.3) is 0 Å². The molecule has 3 nitrogen and oxygen atoms in total. The van der Waals surface area contributed by atoms with Gasteiger partial charge in [0.05, 0.1) is 11.5 Å². The number of thiophene rings is 1. The van der Waals surface area contributed by atoms with Crippen molar-refractivity contribution in [2.75, 3.05) is 7.05 Å². The van der Waals surface area contributed by atoms with E-state index in [1.54, 1.807) is 11.9 Å². The zero-order valence-electron chi connectivity index (χ0n) is 13.8. The van der Waals surface area contributed by atoms with E-state index in [-0.39, 0.29) is 5.92 Å². The summed E-state index contributed by atoms with van der Waals surface area (Å²) in [7, 11) is 1.76. The zero-order chi connectivity index (χ0) is 18.4. The van der Waals surface area contributed by atoms with Crippen LogP contribution in [0, 0.1) is 0 Å². The van der Waals surface area contributed by atoms with Gasteiger partial charge in [0.2, 0.25) is 0 Å². The van der Waals surface area contributed by atoms with E-state index in [1.165, 1.54) is 23.5 Å². The molecule has 1 aliphatic heterocycles. The molecule has 1 aromatic carbocycles. The minimum absolute atomic E-state index is 0.314. The Labute approximate surface area is 148 Å². The number of benzene rings is 1. The summed E-state index contributed by atoms with van der Waals surface area (Å²) in [5.41, 5.74) is 6.06. The summed E-state index contributed by atoms with van der Waals surface area (Å²) in [4.78, 5) is 7.32. The van der Waals surface area contributed by atoms with Gasteiger partial charge in [-0.05, 0) is 36.1 Å². The number of rotatable bonds is 2. The number of likely N-dealkylation sites (N-methyl/N-ethyl adjacent to an activating group) is 1. The van der Waals surface area contributed by atoms with Crippen LogP contribution < -0.4 is 5.73 Å². The summed E-state index contributed by atoms with van der Waals surface area (Å²) >= 11 is 1.54. The zero-order valence-corrected chi connectivity index (χ0v) is 14.7. The molecule has 0 saturated carbocycles. The monoisotopic (exact) mass is 365 g/mol. The van der Waals surface area contributed by atoms with E-state index in [0.29, 0.717) is 11.7 Å². The molecule has 132 valence electrons. The first kappa shape index (κ1) is 17.5. The van der Waals surface area contributed by atoms with Gasteiger partial charge in [-0.3, -0.25) is 0 Å². The maximum atomic E-state index is 12.9. The van der Waals surface area contributed by atoms with Gasteiger partial charge in [-0.2, -0.15) is 13.2 Å². The predicted molar refractivity (Wildman–Crippen MR) is 94.4 cm³/mol. The number of nitrogens with two attached hydrogens (primary N) is 1. The van der Waals surface area contributed by atoms with Crippen LogP contribution in [0.5, 0.6) is 0 Å². The highest BCUT2D eigenvalue weighted by atomic mass is 32.1. The number of hydrogen-bond acceptors (Lipinski definition) is 4. The second-order valence-corrected chi connectivity index (χ2v) is 7.15. The molecule has 1 aromatic heterocycles. The fourth-order valence-electron chi connectivity index (χ4n) is 3.19. The minimum Gasteiger partial charge on any atom is -0.370 e. The molecule has 2 heterocycles. The molecule has 0 spiro atoms. The van der Waals surface area contributed by atoms with Crippen molar-refractivity contribution < 1.29 is 13.2 Å². The lowest BCUT2D eigenvalue weighted by Crippen LogP contribution is -2.46. The maximum Gasteiger partial charge on any atom is 0.416 e. The number of halogens is 3. The molecule has 0 unspecified atom stereocenters. The van der Waals surface area contributed by atoms with E-state index in [1.807, 2.05) is 24.4 Å². The average molecular weight is 365 g/mol. The molecule has 2 N–H and O–H groups in total. The Hall–Kier alpha value is -2.28. The first-order chi connectivity index (χ1) is 11.6. The quantitative estimate of drug-likeness (QED) is 0.849. The fraction of sp³-hybridized carbons (Fsp3) is 0.278. The maximum absolute atomic E-state index is 12.9. The number of alkyl halides is 3. The Morgan fingerprint density at radius 1 is 1.24 bits per heavy atom. The molecule has 2 aromatic rings.